The number of aliphatic hydroxyl groups is 1. The number of hydrogen-bond acceptors (Lipinski definition) is 3. The fourth-order valence-electron chi connectivity index (χ4n) is 1.63. The molecular weight excluding hydrogens is 309 g/mol. The molecule has 0 atom stereocenters. The van der Waals surface area contributed by atoms with Crippen molar-refractivity contribution in [3.05, 3.63) is 30.5 Å². The van der Waals surface area contributed by atoms with Crippen LogP contribution >= 0.6 is 11.8 Å². The summed E-state index contributed by atoms with van der Waals surface area (Å²) in [4.78, 5) is 5.69. The van der Waals surface area contributed by atoms with Crippen LogP contribution in [-0.4, -0.2) is 37.4 Å². The SMILES string of the molecule is C[Se]c1c(SCC#CCO)cnc2ccccc12. The van der Waals surface area contributed by atoms with Crippen LogP contribution < -0.4 is 4.46 Å². The number of para-hydroxylation sites is 1. The normalized spacial score (nSPS) is 10.1. The molecule has 0 saturated heterocycles. The summed E-state index contributed by atoms with van der Waals surface area (Å²) in [6.45, 7) is -0.0684. The van der Waals surface area contributed by atoms with Gasteiger partial charge in [0.05, 0.1) is 0 Å². The third kappa shape index (κ3) is 3.07. The van der Waals surface area contributed by atoms with Crippen molar-refractivity contribution in [1.82, 2.24) is 4.98 Å². The molecule has 0 amide bonds. The number of pyridine rings is 1. The van der Waals surface area contributed by atoms with E-state index in [1.807, 2.05) is 18.3 Å². The van der Waals surface area contributed by atoms with E-state index in [-0.39, 0.29) is 6.61 Å². The molecule has 1 aromatic carbocycles. The van der Waals surface area contributed by atoms with Crippen molar-refractivity contribution in [2.75, 3.05) is 12.4 Å². The van der Waals surface area contributed by atoms with Crippen LogP contribution in [0.2, 0.25) is 5.82 Å². The molecule has 0 spiro atoms. The Morgan fingerprint density at radius 3 is 2.94 bits per heavy atom. The van der Waals surface area contributed by atoms with Gasteiger partial charge >= 0.3 is 118 Å². The van der Waals surface area contributed by atoms with E-state index in [1.54, 1.807) is 11.8 Å². The average Bonchev–Trinajstić information content (AvgIpc) is 2.43. The van der Waals surface area contributed by atoms with E-state index >= 15 is 0 Å². The summed E-state index contributed by atoms with van der Waals surface area (Å²) >= 11 is 2.12. The molecular formula is C14H13NOSSe. The molecule has 0 bridgehead atoms. The van der Waals surface area contributed by atoms with Crippen LogP contribution in [0.15, 0.2) is 35.4 Å². The van der Waals surface area contributed by atoms with Crippen LogP contribution in [0.1, 0.15) is 0 Å². The van der Waals surface area contributed by atoms with E-state index in [1.165, 1.54) is 14.7 Å². The number of fused-ring (bicyclic) bond motifs is 1. The summed E-state index contributed by atoms with van der Waals surface area (Å²) in [5.74, 6) is 8.51. The maximum absolute atomic E-state index is 8.61. The standard InChI is InChI=1S/C14H13NOSSe/c1-18-14-11-6-2-3-7-12(11)15-10-13(14)17-9-5-4-8-16/h2-3,6-7,10,16H,8-9H2,1H3. The van der Waals surface area contributed by atoms with Crippen molar-refractivity contribution in [2.24, 2.45) is 0 Å². The Labute approximate surface area is 117 Å². The number of benzene rings is 1. The van der Waals surface area contributed by atoms with Crippen LogP contribution in [0.25, 0.3) is 10.9 Å². The van der Waals surface area contributed by atoms with Crippen molar-refractivity contribution >= 4 is 42.1 Å². The molecule has 2 rings (SSSR count). The van der Waals surface area contributed by atoms with Gasteiger partial charge in [0.1, 0.15) is 0 Å². The van der Waals surface area contributed by atoms with Gasteiger partial charge in [-0.2, -0.15) is 0 Å². The monoisotopic (exact) mass is 323 g/mol. The Kier molecular flexibility index (Phi) is 5.10. The van der Waals surface area contributed by atoms with Crippen LogP contribution in [0.4, 0.5) is 0 Å². The molecule has 0 aliphatic carbocycles. The topological polar surface area (TPSA) is 33.1 Å². The van der Waals surface area contributed by atoms with Gasteiger partial charge in [-0.1, -0.05) is 0 Å². The summed E-state index contributed by atoms with van der Waals surface area (Å²) in [6.07, 6.45) is 1.94. The maximum atomic E-state index is 8.61. The Morgan fingerprint density at radius 2 is 2.17 bits per heavy atom. The first-order valence-electron chi connectivity index (χ1n) is 5.48. The summed E-state index contributed by atoms with van der Waals surface area (Å²) in [7, 11) is 0. The Balaban J connectivity index is 2.32. The van der Waals surface area contributed by atoms with Crippen molar-refractivity contribution < 1.29 is 5.11 Å². The molecule has 0 fully saturated rings. The Hall–Kier alpha value is -0.981. The Bertz CT molecular complexity index is 604. The van der Waals surface area contributed by atoms with E-state index < -0.39 is 0 Å². The molecule has 4 heteroatoms. The van der Waals surface area contributed by atoms with Crippen LogP contribution in [-0.2, 0) is 0 Å². The number of hydrogen-bond donors (Lipinski definition) is 1. The first-order chi connectivity index (χ1) is 8.86. The molecule has 0 aliphatic rings. The van der Waals surface area contributed by atoms with E-state index in [0.717, 1.165) is 5.52 Å². The van der Waals surface area contributed by atoms with Gasteiger partial charge in [-0.3, -0.25) is 0 Å². The first kappa shape index (κ1) is 13.5. The summed E-state index contributed by atoms with van der Waals surface area (Å²) in [6, 6.07) is 8.25. The van der Waals surface area contributed by atoms with Crippen LogP contribution in [0.3, 0.4) is 0 Å². The van der Waals surface area contributed by atoms with Gasteiger partial charge in [0, 0.05) is 0 Å². The molecule has 1 aromatic heterocycles. The first-order valence-corrected chi connectivity index (χ1v) is 9.03. The summed E-state index contributed by atoms with van der Waals surface area (Å²) < 4.78 is 1.39. The third-order valence-electron chi connectivity index (χ3n) is 2.40. The van der Waals surface area contributed by atoms with Crippen molar-refractivity contribution in [3.8, 4) is 11.8 Å². The van der Waals surface area contributed by atoms with Crippen LogP contribution in [0.5, 0.6) is 0 Å². The van der Waals surface area contributed by atoms with Gasteiger partial charge in [0.25, 0.3) is 0 Å². The molecule has 0 aliphatic heterocycles. The quantitative estimate of drug-likeness (QED) is 0.530. The molecule has 1 heterocycles. The zero-order valence-electron chi connectivity index (χ0n) is 10.0. The van der Waals surface area contributed by atoms with Crippen molar-refractivity contribution in [3.63, 3.8) is 0 Å². The molecule has 1 N–H and O–H groups in total. The molecule has 0 unspecified atom stereocenters. The number of aromatic nitrogens is 1. The predicted octanol–water partition coefficient (Wildman–Crippen LogP) is 1.70. The fraction of sp³-hybridized carbons (Fsp3) is 0.214. The van der Waals surface area contributed by atoms with Crippen LogP contribution in [0, 0.1) is 11.8 Å². The van der Waals surface area contributed by atoms with Crippen molar-refractivity contribution in [1.29, 1.82) is 0 Å². The number of thioether (sulfide) groups is 1. The van der Waals surface area contributed by atoms with E-state index in [0.29, 0.717) is 20.7 Å². The van der Waals surface area contributed by atoms with Gasteiger partial charge < -0.3 is 0 Å². The Morgan fingerprint density at radius 1 is 1.33 bits per heavy atom. The van der Waals surface area contributed by atoms with Gasteiger partial charge in [0.2, 0.25) is 0 Å². The van der Waals surface area contributed by atoms with E-state index in [4.69, 9.17) is 5.11 Å². The van der Waals surface area contributed by atoms with E-state index in [2.05, 4.69) is 34.8 Å². The number of rotatable bonds is 3. The minimum absolute atomic E-state index is 0.0684. The second-order valence-electron chi connectivity index (χ2n) is 3.47. The molecule has 2 aromatic rings. The second-order valence-corrected chi connectivity index (χ2v) is 6.20. The average molecular weight is 322 g/mol. The minimum atomic E-state index is -0.0684. The van der Waals surface area contributed by atoms with Gasteiger partial charge in [-0.15, -0.1) is 0 Å². The molecule has 92 valence electrons. The fourth-order valence-corrected chi connectivity index (χ4v) is 4.49. The van der Waals surface area contributed by atoms with Gasteiger partial charge in [-0.25, -0.2) is 0 Å². The van der Waals surface area contributed by atoms with Gasteiger partial charge in [-0.05, 0) is 0 Å². The van der Waals surface area contributed by atoms with Gasteiger partial charge in [0.15, 0.2) is 0 Å². The molecule has 0 saturated carbocycles. The number of aliphatic hydroxyl groups excluding tert-OH is 1. The predicted molar refractivity (Wildman–Crippen MR) is 78.6 cm³/mol. The summed E-state index contributed by atoms with van der Waals surface area (Å²) in [5, 5.41) is 9.86. The molecule has 18 heavy (non-hydrogen) atoms. The molecule has 0 radical (unpaired) electrons. The summed E-state index contributed by atoms with van der Waals surface area (Å²) in [5.41, 5.74) is 1.06. The molecule has 2 nitrogen and oxygen atoms in total. The third-order valence-corrected chi connectivity index (χ3v) is 5.38. The number of nitrogens with zero attached hydrogens (tertiary/aromatic N) is 1. The zero-order chi connectivity index (χ0) is 12.8. The zero-order valence-corrected chi connectivity index (χ0v) is 12.5. The van der Waals surface area contributed by atoms with Crippen molar-refractivity contribution in [2.45, 2.75) is 10.7 Å². The van der Waals surface area contributed by atoms with E-state index in [9.17, 15) is 0 Å². The second kappa shape index (κ2) is 6.82.